The molecule has 2 heterocycles. The number of carbonyl (C=O) groups excluding carboxylic acids is 2. The molecule has 1 aliphatic heterocycles. The Labute approximate surface area is 150 Å². The summed E-state index contributed by atoms with van der Waals surface area (Å²) in [4.78, 5) is 31.0. The van der Waals surface area contributed by atoms with Crippen LogP contribution in [0.2, 0.25) is 0 Å². The number of hydrogen-bond acceptors (Lipinski definition) is 6. The molecule has 25 heavy (non-hydrogen) atoms. The summed E-state index contributed by atoms with van der Waals surface area (Å²) in [6.45, 7) is 4.78. The van der Waals surface area contributed by atoms with E-state index in [0.717, 1.165) is 17.8 Å². The van der Waals surface area contributed by atoms with Gasteiger partial charge in [-0.2, -0.15) is 0 Å². The molecule has 1 aliphatic rings. The fraction of sp³-hybridized carbons (Fsp3) is 0.353. The van der Waals surface area contributed by atoms with Crippen molar-refractivity contribution < 1.29 is 14.3 Å². The predicted octanol–water partition coefficient (Wildman–Crippen LogP) is 2.20. The third kappa shape index (κ3) is 4.27. The van der Waals surface area contributed by atoms with Crippen molar-refractivity contribution in [2.75, 3.05) is 38.1 Å². The summed E-state index contributed by atoms with van der Waals surface area (Å²) in [5.74, 6) is 0.721. The van der Waals surface area contributed by atoms with E-state index in [1.807, 2.05) is 31.2 Å². The predicted molar refractivity (Wildman–Crippen MR) is 96.5 cm³/mol. The van der Waals surface area contributed by atoms with Gasteiger partial charge in [-0.05, 0) is 31.2 Å². The molecule has 0 aliphatic carbocycles. The van der Waals surface area contributed by atoms with E-state index in [4.69, 9.17) is 4.74 Å². The molecule has 0 spiro atoms. The van der Waals surface area contributed by atoms with Gasteiger partial charge in [-0.15, -0.1) is 11.3 Å². The molecule has 2 aromatic rings. The van der Waals surface area contributed by atoms with Gasteiger partial charge in [0.2, 0.25) is 6.41 Å². The van der Waals surface area contributed by atoms with E-state index in [2.05, 4.69) is 10.3 Å². The molecule has 132 valence electrons. The second-order valence-electron chi connectivity index (χ2n) is 5.55. The topological polar surface area (TPSA) is 74.8 Å². The molecular weight excluding hydrogens is 340 g/mol. The summed E-state index contributed by atoms with van der Waals surface area (Å²) in [6.07, 6.45) is 0.823. The van der Waals surface area contributed by atoms with Crippen molar-refractivity contribution in [2.24, 2.45) is 0 Å². The van der Waals surface area contributed by atoms with E-state index in [-0.39, 0.29) is 5.91 Å². The van der Waals surface area contributed by atoms with Crippen LogP contribution in [0.1, 0.15) is 17.4 Å². The maximum Gasteiger partial charge on any atom is 0.273 e. The Hall–Kier alpha value is -2.61. The van der Waals surface area contributed by atoms with Gasteiger partial charge in [0.05, 0.1) is 6.61 Å². The Morgan fingerprint density at radius 2 is 2.00 bits per heavy atom. The quantitative estimate of drug-likeness (QED) is 0.800. The lowest BCUT2D eigenvalue weighted by Gasteiger charge is -2.32. The van der Waals surface area contributed by atoms with Gasteiger partial charge in [-0.3, -0.25) is 9.59 Å². The number of aromatic nitrogens is 1. The van der Waals surface area contributed by atoms with Gasteiger partial charge in [-0.25, -0.2) is 4.98 Å². The van der Waals surface area contributed by atoms with Crippen LogP contribution in [0.3, 0.4) is 0 Å². The summed E-state index contributed by atoms with van der Waals surface area (Å²) < 4.78 is 5.41. The number of ether oxygens (including phenoxy) is 1. The van der Waals surface area contributed by atoms with Crippen molar-refractivity contribution in [1.29, 1.82) is 0 Å². The molecule has 1 saturated heterocycles. The van der Waals surface area contributed by atoms with Crippen LogP contribution >= 0.6 is 11.3 Å². The highest BCUT2D eigenvalue weighted by molar-refractivity contribution is 7.14. The number of benzene rings is 1. The highest BCUT2D eigenvalue weighted by Gasteiger charge is 2.23. The van der Waals surface area contributed by atoms with Crippen molar-refractivity contribution in [3.05, 3.63) is 35.3 Å². The van der Waals surface area contributed by atoms with Crippen LogP contribution in [0.4, 0.5) is 10.8 Å². The summed E-state index contributed by atoms with van der Waals surface area (Å²) in [6, 6.07) is 7.59. The molecule has 0 radical (unpaired) electrons. The van der Waals surface area contributed by atoms with Crippen LogP contribution in [0.5, 0.6) is 5.75 Å². The van der Waals surface area contributed by atoms with Crippen LogP contribution < -0.4 is 10.1 Å². The molecule has 0 unspecified atom stereocenters. The molecule has 7 nitrogen and oxygen atoms in total. The number of carbonyl (C=O) groups is 2. The fourth-order valence-corrected chi connectivity index (χ4v) is 3.25. The zero-order valence-corrected chi connectivity index (χ0v) is 14.8. The highest BCUT2D eigenvalue weighted by atomic mass is 32.1. The second kappa shape index (κ2) is 7.98. The molecule has 0 bridgehead atoms. The fourth-order valence-electron chi connectivity index (χ4n) is 2.55. The van der Waals surface area contributed by atoms with Gasteiger partial charge in [0.25, 0.3) is 5.91 Å². The van der Waals surface area contributed by atoms with Crippen LogP contribution in [-0.4, -0.2) is 59.9 Å². The number of nitrogens with zero attached hydrogens (tertiary/aromatic N) is 3. The number of hydrogen-bond donors (Lipinski definition) is 1. The molecule has 0 atom stereocenters. The number of piperazine rings is 1. The van der Waals surface area contributed by atoms with Gasteiger partial charge in [0.15, 0.2) is 5.13 Å². The normalized spacial score (nSPS) is 14.3. The van der Waals surface area contributed by atoms with Crippen LogP contribution in [0.25, 0.3) is 0 Å². The van der Waals surface area contributed by atoms with Crippen LogP contribution in [0, 0.1) is 0 Å². The standard InChI is InChI=1S/C17H20N4O3S/c1-2-24-14-5-3-13(4-6-14)18-17-19-15(11-25-17)16(23)21-9-7-20(12-22)8-10-21/h3-6,11-12H,2,7-10H2,1H3,(H,18,19). The first-order valence-electron chi connectivity index (χ1n) is 8.13. The van der Waals surface area contributed by atoms with Crippen molar-refractivity contribution in [3.8, 4) is 5.75 Å². The molecule has 1 aromatic heterocycles. The van der Waals surface area contributed by atoms with E-state index < -0.39 is 0 Å². The van der Waals surface area contributed by atoms with Gasteiger partial charge in [0, 0.05) is 37.2 Å². The van der Waals surface area contributed by atoms with E-state index in [1.165, 1.54) is 11.3 Å². The first-order chi connectivity index (χ1) is 12.2. The lowest BCUT2D eigenvalue weighted by molar-refractivity contribution is -0.119. The van der Waals surface area contributed by atoms with Crippen molar-refractivity contribution in [1.82, 2.24) is 14.8 Å². The van der Waals surface area contributed by atoms with Crippen molar-refractivity contribution in [3.63, 3.8) is 0 Å². The number of thiazole rings is 1. The zero-order chi connectivity index (χ0) is 17.6. The Morgan fingerprint density at radius 1 is 1.28 bits per heavy atom. The lowest BCUT2D eigenvalue weighted by Crippen LogP contribution is -2.48. The number of anilines is 2. The summed E-state index contributed by atoms with van der Waals surface area (Å²) in [5.41, 5.74) is 1.31. The van der Waals surface area contributed by atoms with Gasteiger partial charge in [-0.1, -0.05) is 0 Å². The molecular formula is C17H20N4O3S. The minimum Gasteiger partial charge on any atom is -0.494 e. The number of nitrogens with one attached hydrogen (secondary N) is 1. The molecule has 1 N–H and O–H groups in total. The minimum atomic E-state index is -0.0958. The Morgan fingerprint density at radius 3 is 2.64 bits per heavy atom. The van der Waals surface area contributed by atoms with E-state index in [9.17, 15) is 9.59 Å². The largest absolute Gasteiger partial charge is 0.494 e. The molecule has 1 fully saturated rings. The van der Waals surface area contributed by atoms with E-state index in [0.29, 0.717) is 43.6 Å². The maximum atomic E-state index is 12.5. The Kier molecular flexibility index (Phi) is 5.49. The van der Waals surface area contributed by atoms with Crippen molar-refractivity contribution in [2.45, 2.75) is 6.92 Å². The molecule has 1 aromatic carbocycles. The van der Waals surface area contributed by atoms with Crippen LogP contribution in [0.15, 0.2) is 29.6 Å². The molecule has 0 saturated carbocycles. The van der Waals surface area contributed by atoms with Gasteiger partial charge >= 0.3 is 0 Å². The summed E-state index contributed by atoms with van der Waals surface area (Å²) in [5, 5.41) is 5.62. The Bertz CT molecular complexity index is 724. The summed E-state index contributed by atoms with van der Waals surface area (Å²) in [7, 11) is 0. The molecule has 2 amide bonds. The maximum absolute atomic E-state index is 12.5. The number of amides is 2. The number of rotatable bonds is 6. The summed E-state index contributed by atoms with van der Waals surface area (Å²) >= 11 is 1.39. The highest BCUT2D eigenvalue weighted by Crippen LogP contribution is 2.23. The smallest absolute Gasteiger partial charge is 0.273 e. The molecule has 3 rings (SSSR count). The third-order valence-electron chi connectivity index (χ3n) is 3.89. The monoisotopic (exact) mass is 360 g/mol. The first kappa shape index (κ1) is 17.2. The molecule has 8 heteroatoms. The Balaban J connectivity index is 1.60. The second-order valence-corrected chi connectivity index (χ2v) is 6.41. The third-order valence-corrected chi connectivity index (χ3v) is 4.65. The van der Waals surface area contributed by atoms with Crippen LogP contribution in [-0.2, 0) is 4.79 Å². The lowest BCUT2D eigenvalue weighted by atomic mass is 10.3. The van der Waals surface area contributed by atoms with E-state index in [1.54, 1.807) is 15.2 Å². The minimum absolute atomic E-state index is 0.0958. The average molecular weight is 360 g/mol. The van der Waals surface area contributed by atoms with E-state index >= 15 is 0 Å². The van der Waals surface area contributed by atoms with Gasteiger partial charge in [0.1, 0.15) is 11.4 Å². The first-order valence-corrected chi connectivity index (χ1v) is 9.01. The average Bonchev–Trinajstić information content (AvgIpc) is 3.11. The SMILES string of the molecule is CCOc1ccc(Nc2nc(C(=O)N3CCN(C=O)CC3)cs2)cc1. The van der Waals surface area contributed by atoms with Gasteiger partial charge < -0.3 is 19.9 Å². The van der Waals surface area contributed by atoms with Crippen molar-refractivity contribution >= 4 is 34.5 Å². The zero-order valence-electron chi connectivity index (χ0n) is 14.0.